The number of benzene rings is 1. The predicted octanol–water partition coefficient (Wildman–Crippen LogP) is 1.76. The van der Waals surface area contributed by atoms with Crippen molar-refractivity contribution in [2.75, 3.05) is 20.2 Å². The summed E-state index contributed by atoms with van der Waals surface area (Å²) < 4.78 is 4.91. The third-order valence-corrected chi connectivity index (χ3v) is 4.20. The lowest BCUT2D eigenvalue weighted by molar-refractivity contribution is -0.136. The molecule has 3 rings (SSSR count). The fraction of sp³-hybridized carbons (Fsp3) is 0.438. The first-order valence-corrected chi connectivity index (χ1v) is 7.15. The fourth-order valence-corrected chi connectivity index (χ4v) is 3.29. The molecule has 4 nitrogen and oxygen atoms in total. The molecule has 1 heterocycles. The number of ether oxygens (including phenoxy) is 1. The molecule has 1 fully saturated rings. The Morgan fingerprint density at radius 2 is 2.05 bits per heavy atom. The summed E-state index contributed by atoms with van der Waals surface area (Å²) in [5.41, 5.74) is 3.18. The lowest BCUT2D eigenvalue weighted by atomic mass is 9.91. The highest BCUT2D eigenvalue weighted by Crippen LogP contribution is 2.40. The molecule has 20 heavy (non-hydrogen) atoms. The van der Waals surface area contributed by atoms with E-state index in [9.17, 15) is 4.79 Å². The van der Waals surface area contributed by atoms with Crippen LogP contribution in [-0.2, 0) is 9.53 Å². The Kier molecular flexibility index (Phi) is 3.74. The van der Waals surface area contributed by atoms with Gasteiger partial charge in [-0.2, -0.15) is 0 Å². The van der Waals surface area contributed by atoms with E-state index in [1.165, 1.54) is 12.7 Å². The molecule has 0 aromatic heterocycles. The molecule has 106 valence electrons. The van der Waals surface area contributed by atoms with Crippen molar-refractivity contribution in [2.45, 2.75) is 18.9 Å². The molecular weight excluding hydrogens is 252 g/mol. The van der Waals surface area contributed by atoms with Gasteiger partial charge in [0.15, 0.2) is 0 Å². The van der Waals surface area contributed by atoms with E-state index >= 15 is 0 Å². The first-order chi connectivity index (χ1) is 9.81. The standard InChI is InChI=1S/C16H20N2O2/c1-20-16(19)13-8-7-12-14(11-5-3-2-4-6-11)17-9-10-18-15(12)13/h2-6,12,14,17-18H,7-10H2,1H3/t12-,14-/m0/s1. The van der Waals surface area contributed by atoms with Crippen LogP contribution in [0.2, 0.25) is 0 Å². The zero-order valence-electron chi connectivity index (χ0n) is 11.7. The van der Waals surface area contributed by atoms with Crippen molar-refractivity contribution in [3.8, 4) is 0 Å². The molecule has 1 aromatic rings. The van der Waals surface area contributed by atoms with Gasteiger partial charge in [0.25, 0.3) is 0 Å². The van der Waals surface area contributed by atoms with Crippen LogP contribution < -0.4 is 10.6 Å². The van der Waals surface area contributed by atoms with Crippen LogP contribution in [0.15, 0.2) is 41.6 Å². The van der Waals surface area contributed by atoms with Crippen LogP contribution in [0.4, 0.5) is 0 Å². The quantitative estimate of drug-likeness (QED) is 0.806. The van der Waals surface area contributed by atoms with Crippen LogP contribution in [0.3, 0.4) is 0 Å². The van der Waals surface area contributed by atoms with Crippen LogP contribution in [0.25, 0.3) is 0 Å². The number of methoxy groups -OCH3 is 1. The van der Waals surface area contributed by atoms with Gasteiger partial charge in [0.1, 0.15) is 0 Å². The van der Waals surface area contributed by atoms with Gasteiger partial charge in [0.2, 0.25) is 0 Å². The van der Waals surface area contributed by atoms with Crippen molar-refractivity contribution in [1.82, 2.24) is 10.6 Å². The van der Waals surface area contributed by atoms with E-state index in [0.29, 0.717) is 5.92 Å². The minimum absolute atomic E-state index is 0.191. The summed E-state index contributed by atoms with van der Waals surface area (Å²) in [7, 11) is 1.45. The summed E-state index contributed by atoms with van der Waals surface area (Å²) in [5.74, 6) is 0.137. The molecule has 0 unspecified atom stereocenters. The predicted molar refractivity (Wildman–Crippen MR) is 77.0 cm³/mol. The molecule has 0 bridgehead atoms. The monoisotopic (exact) mass is 272 g/mol. The summed E-state index contributed by atoms with van der Waals surface area (Å²) in [5, 5.41) is 7.02. The van der Waals surface area contributed by atoms with E-state index in [2.05, 4.69) is 34.9 Å². The lowest BCUT2D eigenvalue weighted by Crippen LogP contribution is -2.27. The van der Waals surface area contributed by atoms with Crippen LogP contribution in [-0.4, -0.2) is 26.2 Å². The number of carbonyl (C=O) groups excluding carboxylic acids is 1. The maximum atomic E-state index is 11.9. The third-order valence-electron chi connectivity index (χ3n) is 4.20. The maximum absolute atomic E-state index is 11.9. The number of hydrogen-bond acceptors (Lipinski definition) is 4. The minimum Gasteiger partial charge on any atom is -0.466 e. The van der Waals surface area contributed by atoms with Crippen molar-refractivity contribution in [2.24, 2.45) is 5.92 Å². The third kappa shape index (κ3) is 2.31. The topological polar surface area (TPSA) is 50.4 Å². The van der Waals surface area contributed by atoms with Crippen molar-refractivity contribution >= 4 is 5.97 Å². The molecule has 0 saturated carbocycles. The molecule has 2 aliphatic rings. The SMILES string of the molecule is COC(=O)C1=C2NCCN[C@@H](c3ccccc3)[C@@H]2CC1. The average molecular weight is 272 g/mol. The van der Waals surface area contributed by atoms with Crippen molar-refractivity contribution in [1.29, 1.82) is 0 Å². The Morgan fingerprint density at radius 1 is 1.25 bits per heavy atom. The number of hydrogen-bond donors (Lipinski definition) is 2. The van der Waals surface area contributed by atoms with Crippen LogP contribution in [0.5, 0.6) is 0 Å². The Labute approximate surface area is 119 Å². The normalized spacial score (nSPS) is 25.6. The molecule has 0 spiro atoms. The highest BCUT2D eigenvalue weighted by molar-refractivity contribution is 5.90. The second-order valence-electron chi connectivity index (χ2n) is 5.30. The average Bonchev–Trinajstić information content (AvgIpc) is 2.80. The van der Waals surface area contributed by atoms with Gasteiger partial charge in [-0.05, 0) is 18.4 Å². The molecule has 4 heteroatoms. The summed E-state index contributed by atoms with van der Waals surface area (Å²) in [6.07, 6.45) is 1.78. The molecular formula is C16H20N2O2. The van der Waals surface area contributed by atoms with E-state index in [0.717, 1.165) is 37.2 Å². The van der Waals surface area contributed by atoms with Crippen LogP contribution in [0.1, 0.15) is 24.4 Å². The van der Waals surface area contributed by atoms with E-state index in [1.807, 2.05) is 6.07 Å². The molecule has 2 N–H and O–H groups in total. The van der Waals surface area contributed by atoms with E-state index in [4.69, 9.17) is 4.74 Å². The van der Waals surface area contributed by atoms with Gasteiger partial charge in [0.05, 0.1) is 12.7 Å². The highest BCUT2D eigenvalue weighted by Gasteiger charge is 2.36. The van der Waals surface area contributed by atoms with Crippen molar-refractivity contribution in [3.63, 3.8) is 0 Å². The minimum atomic E-state index is -0.191. The van der Waals surface area contributed by atoms with E-state index < -0.39 is 0 Å². The smallest absolute Gasteiger partial charge is 0.335 e. The summed E-state index contributed by atoms with van der Waals surface area (Å²) in [6.45, 7) is 1.74. The first-order valence-electron chi connectivity index (χ1n) is 7.15. The first kappa shape index (κ1) is 13.2. The van der Waals surface area contributed by atoms with Gasteiger partial charge < -0.3 is 15.4 Å². The van der Waals surface area contributed by atoms with Gasteiger partial charge in [-0.1, -0.05) is 30.3 Å². The van der Waals surface area contributed by atoms with Gasteiger partial charge in [-0.25, -0.2) is 4.79 Å². The lowest BCUT2D eigenvalue weighted by Gasteiger charge is -2.24. The number of fused-ring (bicyclic) bond motifs is 1. The molecule has 0 radical (unpaired) electrons. The van der Waals surface area contributed by atoms with Gasteiger partial charge >= 0.3 is 5.97 Å². The Hall–Kier alpha value is -1.81. The number of nitrogens with one attached hydrogen (secondary N) is 2. The van der Waals surface area contributed by atoms with Gasteiger partial charge in [-0.15, -0.1) is 0 Å². The van der Waals surface area contributed by atoms with Gasteiger partial charge in [0, 0.05) is 30.7 Å². The van der Waals surface area contributed by atoms with E-state index in [1.54, 1.807) is 0 Å². The number of esters is 1. The molecule has 1 aliphatic heterocycles. The van der Waals surface area contributed by atoms with Crippen molar-refractivity contribution < 1.29 is 9.53 Å². The maximum Gasteiger partial charge on any atom is 0.335 e. The Bertz CT molecular complexity index is 525. The molecule has 2 atom stereocenters. The Morgan fingerprint density at radius 3 is 2.80 bits per heavy atom. The molecule has 1 aliphatic carbocycles. The molecule has 1 saturated heterocycles. The largest absolute Gasteiger partial charge is 0.466 e. The fourth-order valence-electron chi connectivity index (χ4n) is 3.29. The molecule has 1 aromatic carbocycles. The van der Waals surface area contributed by atoms with Gasteiger partial charge in [-0.3, -0.25) is 0 Å². The Balaban J connectivity index is 1.95. The number of rotatable bonds is 2. The summed E-state index contributed by atoms with van der Waals surface area (Å²) >= 11 is 0. The summed E-state index contributed by atoms with van der Waals surface area (Å²) in [4.78, 5) is 11.9. The molecule has 0 amide bonds. The zero-order valence-corrected chi connectivity index (χ0v) is 11.7. The van der Waals surface area contributed by atoms with E-state index in [-0.39, 0.29) is 12.0 Å². The number of carbonyl (C=O) groups is 1. The zero-order chi connectivity index (χ0) is 13.9. The second-order valence-corrected chi connectivity index (χ2v) is 5.30. The van der Waals surface area contributed by atoms with Crippen LogP contribution in [0, 0.1) is 5.92 Å². The second kappa shape index (κ2) is 5.67. The highest BCUT2D eigenvalue weighted by atomic mass is 16.5. The van der Waals surface area contributed by atoms with Crippen LogP contribution >= 0.6 is 0 Å². The van der Waals surface area contributed by atoms with Crippen molar-refractivity contribution in [3.05, 3.63) is 47.2 Å². The summed E-state index contributed by atoms with van der Waals surface area (Å²) in [6, 6.07) is 10.7.